The number of thioether (sulfide) groups is 1. The SMILES string of the molecule is CC(C)(C)SCc1noc([C@@H](N)Cc2ccccc2)n1. The first-order chi connectivity index (χ1) is 9.44. The van der Waals surface area contributed by atoms with Crippen molar-refractivity contribution in [1.29, 1.82) is 0 Å². The minimum absolute atomic E-state index is 0.187. The number of benzene rings is 1. The second-order valence-electron chi connectivity index (χ2n) is 5.75. The van der Waals surface area contributed by atoms with Gasteiger partial charge < -0.3 is 10.3 Å². The summed E-state index contributed by atoms with van der Waals surface area (Å²) in [5, 5.41) is 4.00. The summed E-state index contributed by atoms with van der Waals surface area (Å²) in [6.07, 6.45) is 0.703. The van der Waals surface area contributed by atoms with E-state index in [1.165, 1.54) is 5.56 Å². The van der Waals surface area contributed by atoms with Crippen molar-refractivity contribution in [3.63, 3.8) is 0 Å². The third-order valence-corrected chi connectivity index (χ3v) is 4.00. The number of nitrogens with two attached hydrogens (primary N) is 1. The van der Waals surface area contributed by atoms with Gasteiger partial charge in [-0.05, 0) is 12.0 Å². The fourth-order valence-electron chi connectivity index (χ4n) is 1.71. The summed E-state index contributed by atoms with van der Waals surface area (Å²) in [5.74, 6) is 1.97. The highest BCUT2D eigenvalue weighted by Gasteiger charge is 2.17. The van der Waals surface area contributed by atoms with Crippen LogP contribution in [0.25, 0.3) is 0 Å². The van der Waals surface area contributed by atoms with E-state index in [1.807, 2.05) is 30.3 Å². The molecule has 0 fully saturated rings. The van der Waals surface area contributed by atoms with Gasteiger partial charge in [-0.2, -0.15) is 4.98 Å². The standard InChI is InChI=1S/C15H21N3OS/c1-15(2,3)20-10-13-17-14(19-18-13)12(16)9-11-7-5-4-6-8-11/h4-8,12H,9-10,16H2,1-3H3/t12-/m0/s1. The molecule has 0 radical (unpaired) electrons. The van der Waals surface area contributed by atoms with E-state index >= 15 is 0 Å². The van der Waals surface area contributed by atoms with Crippen LogP contribution in [-0.2, 0) is 12.2 Å². The minimum Gasteiger partial charge on any atom is -0.338 e. The van der Waals surface area contributed by atoms with Crippen molar-refractivity contribution < 1.29 is 4.52 Å². The van der Waals surface area contributed by atoms with Gasteiger partial charge in [0.2, 0.25) is 5.89 Å². The highest BCUT2D eigenvalue weighted by Crippen LogP contribution is 2.26. The minimum atomic E-state index is -0.252. The Morgan fingerprint density at radius 2 is 1.95 bits per heavy atom. The van der Waals surface area contributed by atoms with Crippen molar-refractivity contribution in [2.24, 2.45) is 5.73 Å². The average Bonchev–Trinajstić information content (AvgIpc) is 2.86. The molecule has 0 saturated carbocycles. The average molecular weight is 291 g/mol. The Labute approximate surface area is 124 Å². The lowest BCUT2D eigenvalue weighted by Gasteiger charge is -2.15. The van der Waals surface area contributed by atoms with Gasteiger partial charge in [-0.1, -0.05) is 56.3 Å². The van der Waals surface area contributed by atoms with Gasteiger partial charge in [-0.3, -0.25) is 0 Å². The highest BCUT2D eigenvalue weighted by atomic mass is 32.2. The summed E-state index contributed by atoms with van der Waals surface area (Å²) in [4.78, 5) is 4.39. The molecule has 0 amide bonds. The monoisotopic (exact) mass is 291 g/mol. The van der Waals surface area contributed by atoms with Crippen molar-refractivity contribution in [3.8, 4) is 0 Å². The molecule has 1 heterocycles. The summed E-state index contributed by atoms with van der Waals surface area (Å²) < 4.78 is 5.45. The molecule has 1 atom stereocenters. The van der Waals surface area contributed by atoms with E-state index in [-0.39, 0.29) is 10.8 Å². The lowest BCUT2D eigenvalue weighted by Crippen LogP contribution is -2.14. The molecule has 20 heavy (non-hydrogen) atoms. The third-order valence-electron chi connectivity index (χ3n) is 2.73. The Bertz CT molecular complexity index is 534. The van der Waals surface area contributed by atoms with Gasteiger partial charge in [-0.25, -0.2) is 0 Å². The zero-order chi connectivity index (χ0) is 14.6. The molecular weight excluding hydrogens is 270 g/mol. The van der Waals surface area contributed by atoms with Gasteiger partial charge in [0, 0.05) is 4.75 Å². The third kappa shape index (κ3) is 4.65. The van der Waals surface area contributed by atoms with Crippen LogP contribution in [0.3, 0.4) is 0 Å². The van der Waals surface area contributed by atoms with Crippen LogP contribution in [0, 0.1) is 0 Å². The van der Waals surface area contributed by atoms with Gasteiger partial charge in [0.25, 0.3) is 0 Å². The van der Waals surface area contributed by atoms with Crippen LogP contribution in [0.1, 0.15) is 44.1 Å². The second-order valence-corrected chi connectivity index (χ2v) is 7.55. The van der Waals surface area contributed by atoms with Crippen LogP contribution in [0.15, 0.2) is 34.9 Å². The molecule has 1 aromatic carbocycles. The summed E-state index contributed by atoms with van der Waals surface area (Å²) in [7, 11) is 0. The van der Waals surface area contributed by atoms with Crippen molar-refractivity contribution >= 4 is 11.8 Å². The largest absolute Gasteiger partial charge is 0.338 e. The Balaban J connectivity index is 1.94. The molecule has 0 spiro atoms. The molecule has 0 aliphatic carbocycles. The molecule has 4 nitrogen and oxygen atoms in total. The van der Waals surface area contributed by atoms with E-state index in [1.54, 1.807) is 11.8 Å². The predicted octanol–water partition coefficient (Wildman–Crippen LogP) is 3.34. The van der Waals surface area contributed by atoms with E-state index in [0.29, 0.717) is 18.1 Å². The van der Waals surface area contributed by atoms with Crippen molar-refractivity contribution in [3.05, 3.63) is 47.6 Å². The molecule has 0 aliphatic heterocycles. The summed E-state index contributed by atoms with van der Waals surface area (Å²) in [5.41, 5.74) is 7.29. The van der Waals surface area contributed by atoms with Crippen LogP contribution in [0.4, 0.5) is 0 Å². The predicted molar refractivity (Wildman–Crippen MR) is 82.4 cm³/mol. The van der Waals surface area contributed by atoms with E-state index in [0.717, 1.165) is 5.75 Å². The Kier molecular flexibility index (Phi) is 4.83. The van der Waals surface area contributed by atoms with Crippen molar-refractivity contribution in [2.75, 3.05) is 0 Å². The molecule has 1 aromatic heterocycles. The number of hydrogen-bond donors (Lipinski definition) is 1. The van der Waals surface area contributed by atoms with E-state index < -0.39 is 0 Å². The van der Waals surface area contributed by atoms with Crippen LogP contribution in [-0.4, -0.2) is 14.9 Å². The second kappa shape index (κ2) is 6.41. The quantitative estimate of drug-likeness (QED) is 0.915. The lowest BCUT2D eigenvalue weighted by molar-refractivity contribution is 0.351. The topological polar surface area (TPSA) is 64.9 Å². The van der Waals surface area contributed by atoms with Crippen molar-refractivity contribution in [1.82, 2.24) is 10.1 Å². The Morgan fingerprint density at radius 3 is 2.60 bits per heavy atom. The van der Waals surface area contributed by atoms with Gasteiger partial charge in [0.05, 0.1) is 11.8 Å². The smallest absolute Gasteiger partial charge is 0.243 e. The molecule has 2 aromatic rings. The fourth-order valence-corrected chi connectivity index (χ4v) is 2.39. The maximum Gasteiger partial charge on any atom is 0.243 e. The maximum absolute atomic E-state index is 6.12. The Morgan fingerprint density at radius 1 is 1.25 bits per heavy atom. The first kappa shape index (κ1) is 15.1. The van der Waals surface area contributed by atoms with Gasteiger partial charge >= 0.3 is 0 Å². The molecule has 2 rings (SSSR count). The van der Waals surface area contributed by atoms with Gasteiger partial charge in [0.15, 0.2) is 5.82 Å². The van der Waals surface area contributed by atoms with E-state index in [2.05, 4.69) is 30.9 Å². The van der Waals surface area contributed by atoms with Crippen LogP contribution >= 0.6 is 11.8 Å². The van der Waals surface area contributed by atoms with Crippen LogP contribution < -0.4 is 5.73 Å². The highest BCUT2D eigenvalue weighted by molar-refractivity contribution is 7.99. The Hall–Kier alpha value is -1.33. The lowest BCUT2D eigenvalue weighted by atomic mass is 10.1. The number of hydrogen-bond acceptors (Lipinski definition) is 5. The number of nitrogens with zero attached hydrogens (tertiary/aromatic N) is 2. The van der Waals surface area contributed by atoms with Gasteiger partial charge in [0.1, 0.15) is 0 Å². The molecule has 0 bridgehead atoms. The van der Waals surface area contributed by atoms with E-state index in [9.17, 15) is 0 Å². The summed E-state index contributed by atoms with van der Waals surface area (Å²) in [6.45, 7) is 6.50. The first-order valence-electron chi connectivity index (χ1n) is 6.70. The molecule has 0 unspecified atom stereocenters. The molecule has 0 aliphatic rings. The number of rotatable bonds is 5. The molecule has 5 heteroatoms. The summed E-state index contributed by atoms with van der Waals surface area (Å²) in [6, 6.07) is 9.84. The van der Waals surface area contributed by atoms with E-state index in [4.69, 9.17) is 10.3 Å². The maximum atomic E-state index is 6.12. The van der Waals surface area contributed by atoms with Crippen molar-refractivity contribution in [2.45, 2.75) is 43.7 Å². The summed E-state index contributed by atoms with van der Waals surface area (Å²) >= 11 is 1.79. The fraction of sp³-hybridized carbons (Fsp3) is 0.467. The van der Waals surface area contributed by atoms with Gasteiger partial charge in [-0.15, -0.1) is 11.8 Å². The molecule has 108 valence electrons. The zero-order valence-corrected chi connectivity index (χ0v) is 13.0. The van der Waals surface area contributed by atoms with Crippen LogP contribution in [0.5, 0.6) is 0 Å². The molecular formula is C15H21N3OS. The molecule has 0 saturated heterocycles. The normalized spacial score (nSPS) is 13.4. The molecule has 2 N–H and O–H groups in total. The zero-order valence-electron chi connectivity index (χ0n) is 12.2. The number of aromatic nitrogens is 2. The van der Waals surface area contributed by atoms with Crippen LogP contribution in [0.2, 0.25) is 0 Å². The first-order valence-corrected chi connectivity index (χ1v) is 7.68.